The molecule has 0 saturated carbocycles. The van der Waals surface area contributed by atoms with Gasteiger partial charge in [-0.15, -0.1) is 0 Å². The van der Waals surface area contributed by atoms with E-state index in [0.29, 0.717) is 6.42 Å². The van der Waals surface area contributed by atoms with Crippen molar-refractivity contribution < 1.29 is 9.78 Å². The number of rotatable bonds is 3. The van der Waals surface area contributed by atoms with Crippen molar-refractivity contribution in [3.8, 4) is 0 Å². The predicted octanol–water partition coefficient (Wildman–Crippen LogP) is -0.765. The molecule has 0 aliphatic heterocycles. The van der Waals surface area contributed by atoms with Gasteiger partial charge in [0.1, 0.15) is 18.4 Å². The Morgan fingerprint density at radius 3 is 3.20 bits per heavy atom. The smallest absolute Gasteiger partial charge is 0.331 e. The molecule has 4 N–H and O–H groups in total. The minimum Gasteiger partial charge on any atom is -0.348 e. The van der Waals surface area contributed by atoms with Crippen LogP contribution in [0.4, 0.5) is 0 Å². The topological polar surface area (TPSA) is 90.8 Å². The number of H-pyrrole nitrogens is 2. The van der Waals surface area contributed by atoms with E-state index >= 15 is 0 Å². The summed E-state index contributed by atoms with van der Waals surface area (Å²) in [5.41, 5.74) is 6.62. The van der Waals surface area contributed by atoms with Crippen LogP contribution in [0.3, 0.4) is 0 Å². The van der Waals surface area contributed by atoms with E-state index < -0.39 is 6.04 Å². The summed E-state index contributed by atoms with van der Waals surface area (Å²) in [6, 6.07) is -0.564. The van der Waals surface area contributed by atoms with Crippen molar-refractivity contribution in [1.29, 1.82) is 0 Å². The molecule has 0 unspecified atom stereocenters. The van der Waals surface area contributed by atoms with Crippen LogP contribution in [-0.4, -0.2) is 26.5 Å². The molecule has 78 valence electrons. The van der Waals surface area contributed by atoms with Crippen molar-refractivity contribution in [2.75, 3.05) is 0 Å². The SMILES string of the molecule is N[C@@H](Cc1cnc[nH]1)C(=O)n1cc[nH+]c1. The zero-order chi connectivity index (χ0) is 10.7. The molecule has 2 rings (SSSR count). The number of hydrogen-bond acceptors (Lipinski definition) is 3. The predicted molar refractivity (Wildman–Crippen MR) is 51.9 cm³/mol. The summed E-state index contributed by atoms with van der Waals surface area (Å²) < 4.78 is 1.43. The van der Waals surface area contributed by atoms with Crippen LogP contribution in [-0.2, 0) is 6.42 Å². The third-order valence-electron chi connectivity index (χ3n) is 2.11. The number of aromatic nitrogens is 4. The molecule has 0 bridgehead atoms. The van der Waals surface area contributed by atoms with E-state index in [2.05, 4.69) is 15.0 Å². The highest BCUT2D eigenvalue weighted by molar-refractivity contribution is 5.83. The molecule has 2 heterocycles. The summed E-state index contributed by atoms with van der Waals surface area (Å²) in [5, 5.41) is 0. The van der Waals surface area contributed by atoms with Crippen molar-refractivity contribution in [2.24, 2.45) is 5.73 Å². The molecule has 6 heteroatoms. The van der Waals surface area contributed by atoms with Gasteiger partial charge in [0.2, 0.25) is 6.33 Å². The average molecular weight is 206 g/mol. The highest BCUT2D eigenvalue weighted by atomic mass is 16.2. The van der Waals surface area contributed by atoms with Crippen molar-refractivity contribution in [3.05, 3.63) is 36.9 Å². The second-order valence-electron chi connectivity index (χ2n) is 3.24. The third kappa shape index (κ3) is 2.10. The average Bonchev–Trinajstić information content (AvgIpc) is 2.88. The molecule has 6 nitrogen and oxygen atoms in total. The minimum atomic E-state index is -0.564. The molecule has 0 aliphatic rings. The molecule has 1 atom stereocenters. The Kier molecular flexibility index (Phi) is 2.59. The Labute approximate surface area is 86.2 Å². The van der Waals surface area contributed by atoms with Crippen molar-refractivity contribution >= 4 is 5.91 Å². The first-order valence-electron chi connectivity index (χ1n) is 4.58. The van der Waals surface area contributed by atoms with Crippen molar-refractivity contribution in [1.82, 2.24) is 14.5 Å². The number of carbonyl (C=O) groups is 1. The number of nitrogens with two attached hydrogens (primary N) is 1. The van der Waals surface area contributed by atoms with Gasteiger partial charge < -0.3 is 10.7 Å². The fourth-order valence-corrected chi connectivity index (χ4v) is 1.34. The summed E-state index contributed by atoms with van der Waals surface area (Å²) in [5.74, 6) is -0.147. The molecule has 0 radical (unpaired) electrons. The molecule has 0 saturated heterocycles. The lowest BCUT2D eigenvalue weighted by Crippen LogP contribution is -2.36. The molecule has 0 aromatic carbocycles. The van der Waals surface area contributed by atoms with Gasteiger partial charge in [0.25, 0.3) is 0 Å². The number of nitrogens with one attached hydrogen (secondary N) is 2. The first-order valence-corrected chi connectivity index (χ1v) is 4.58. The summed E-state index contributed by atoms with van der Waals surface area (Å²) in [6.45, 7) is 0. The monoisotopic (exact) mass is 206 g/mol. The van der Waals surface area contributed by atoms with Crippen molar-refractivity contribution in [2.45, 2.75) is 12.5 Å². The highest BCUT2D eigenvalue weighted by Gasteiger charge is 2.20. The number of imidazole rings is 2. The summed E-state index contributed by atoms with van der Waals surface area (Å²) in [6.07, 6.45) is 8.55. The van der Waals surface area contributed by atoms with Crippen LogP contribution in [0.1, 0.15) is 10.5 Å². The molecule has 2 aromatic heterocycles. The highest BCUT2D eigenvalue weighted by Crippen LogP contribution is 1.98. The van der Waals surface area contributed by atoms with E-state index in [-0.39, 0.29) is 5.91 Å². The maximum Gasteiger partial charge on any atom is 0.331 e. The van der Waals surface area contributed by atoms with Gasteiger partial charge in [-0.05, 0) is 0 Å². The summed E-state index contributed by atoms with van der Waals surface area (Å²) >= 11 is 0. The maximum absolute atomic E-state index is 11.7. The Balaban J connectivity index is 2.03. The summed E-state index contributed by atoms with van der Waals surface area (Å²) in [7, 11) is 0. The minimum absolute atomic E-state index is 0.147. The number of hydrogen-bond donors (Lipinski definition) is 2. The van der Waals surface area contributed by atoms with Crippen LogP contribution < -0.4 is 10.7 Å². The van der Waals surface area contributed by atoms with Gasteiger partial charge in [0, 0.05) is 18.3 Å². The Bertz CT molecular complexity index is 419. The zero-order valence-corrected chi connectivity index (χ0v) is 8.05. The van der Waals surface area contributed by atoms with E-state index in [9.17, 15) is 4.79 Å². The molecule has 0 aliphatic carbocycles. The number of aromatic amines is 2. The van der Waals surface area contributed by atoms with E-state index in [1.165, 1.54) is 4.57 Å². The van der Waals surface area contributed by atoms with Crippen LogP contribution in [0, 0.1) is 0 Å². The van der Waals surface area contributed by atoms with Gasteiger partial charge in [-0.1, -0.05) is 0 Å². The van der Waals surface area contributed by atoms with Gasteiger partial charge >= 0.3 is 5.91 Å². The van der Waals surface area contributed by atoms with Gasteiger partial charge in [0.05, 0.1) is 6.33 Å². The normalized spacial score (nSPS) is 12.6. The first-order chi connectivity index (χ1) is 7.27. The zero-order valence-electron chi connectivity index (χ0n) is 8.05. The van der Waals surface area contributed by atoms with Crippen LogP contribution in [0.25, 0.3) is 0 Å². The molecule has 2 aromatic rings. The summed E-state index contributed by atoms with van der Waals surface area (Å²) in [4.78, 5) is 21.3. The van der Waals surface area contributed by atoms with Gasteiger partial charge in [-0.25, -0.2) is 14.8 Å². The van der Waals surface area contributed by atoms with E-state index in [1.54, 1.807) is 31.2 Å². The Morgan fingerprint density at radius 1 is 1.73 bits per heavy atom. The van der Waals surface area contributed by atoms with E-state index in [4.69, 9.17) is 5.73 Å². The quantitative estimate of drug-likeness (QED) is 0.691. The third-order valence-corrected chi connectivity index (χ3v) is 2.11. The van der Waals surface area contributed by atoms with E-state index in [1.807, 2.05) is 0 Å². The lowest BCUT2D eigenvalue weighted by molar-refractivity contribution is -0.376. The Morgan fingerprint density at radius 2 is 2.60 bits per heavy atom. The van der Waals surface area contributed by atoms with Crippen LogP contribution >= 0.6 is 0 Å². The van der Waals surface area contributed by atoms with Gasteiger partial charge in [-0.2, -0.15) is 4.57 Å². The molecule has 15 heavy (non-hydrogen) atoms. The fraction of sp³-hybridized carbons (Fsp3) is 0.222. The maximum atomic E-state index is 11.7. The number of carbonyl (C=O) groups excluding carboxylic acids is 1. The van der Waals surface area contributed by atoms with E-state index in [0.717, 1.165) is 5.69 Å². The first kappa shape index (κ1) is 9.60. The lowest BCUT2D eigenvalue weighted by Gasteiger charge is -2.04. The molecule has 0 spiro atoms. The molecule has 0 fully saturated rings. The molecule has 0 amide bonds. The molecular weight excluding hydrogens is 194 g/mol. The van der Waals surface area contributed by atoms with Crippen LogP contribution in [0.5, 0.6) is 0 Å². The Hall–Kier alpha value is -1.95. The fourth-order valence-electron chi connectivity index (χ4n) is 1.34. The van der Waals surface area contributed by atoms with Crippen molar-refractivity contribution in [3.63, 3.8) is 0 Å². The van der Waals surface area contributed by atoms with Crippen LogP contribution in [0.15, 0.2) is 31.2 Å². The number of nitrogens with zero attached hydrogens (tertiary/aromatic N) is 2. The largest absolute Gasteiger partial charge is 0.348 e. The second-order valence-corrected chi connectivity index (χ2v) is 3.24. The lowest BCUT2D eigenvalue weighted by atomic mass is 10.1. The van der Waals surface area contributed by atoms with Gasteiger partial charge in [0.15, 0.2) is 0 Å². The molecular formula is C9H12N5O+. The second kappa shape index (κ2) is 4.05. The van der Waals surface area contributed by atoms with Gasteiger partial charge in [-0.3, -0.25) is 0 Å². The standard InChI is InChI=1S/C9H11N5O/c10-8(3-7-4-12-5-13-7)9(15)14-2-1-11-6-14/h1-2,4-6,8H,3,10H2,(H,12,13)/p+1/t8-/m0/s1. The van der Waals surface area contributed by atoms with Crippen LogP contribution in [0.2, 0.25) is 0 Å².